The summed E-state index contributed by atoms with van der Waals surface area (Å²) in [5.74, 6) is -0.326. The van der Waals surface area contributed by atoms with Crippen LogP contribution in [0.15, 0.2) is 40.9 Å². The molecule has 2 rings (SSSR count). The van der Waals surface area contributed by atoms with Crippen LogP contribution in [-0.4, -0.2) is 5.11 Å². The summed E-state index contributed by atoms with van der Waals surface area (Å²) >= 11 is 14.8. The molecule has 0 bridgehead atoms. The molecule has 0 aliphatic heterocycles. The fourth-order valence-electron chi connectivity index (χ4n) is 1.73. The smallest absolute Gasteiger partial charge is 0.137 e. The number of hydrogen-bond acceptors (Lipinski definition) is 1. The zero-order chi connectivity index (χ0) is 14.0. The minimum Gasteiger partial charge on any atom is -0.388 e. The number of hydrogen-bond donors (Lipinski definition) is 1. The van der Waals surface area contributed by atoms with Crippen LogP contribution >= 0.6 is 39.1 Å². The van der Waals surface area contributed by atoms with Crippen molar-refractivity contribution in [2.75, 3.05) is 0 Å². The van der Waals surface area contributed by atoms with Crippen LogP contribution < -0.4 is 0 Å². The fraction of sp³-hybridized carbons (Fsp3) is 0.143. The van der Waals surface area contributed by atoms with Crippen LogP contribution in [0.3, 0.4) is 0 Å². The standard InChI is InChI=1S/C14H10BrCl2FO/c15-10-5-8(1-4-13(10)18)6-14(19)9-2-3-11(16)12(17)7-9/h1-5,7,14,19H,6H2. The Labute approximate surface area is 129 Å². The molecule has 0 radical (unpaired) electrons. The van der Waals surface area contributed by atoms with E-state index in [0.29, 0.717) is 26.5 Å². The van der Waals surface area contributed by atoms with Gasteiger partial charge in [0, 0.05) is 6.42 Å². The van der Waals surface area contributed by atoms with E-state index in [9.17, 15) is 9.50 Å². The molecule has 0 spiro atoms. The van der Waals surface area contributed by atoms with Crippen molar-refractivity contribution in [1.82, 2.24) is 0 Å². The molecule has 2 aromatic carbocycles. The SMILES string of the molecule is OC(Cc1ccc(F)c(Br)c1)c1ccc(Cl)c(Cl)c1. The van der Waals surface area contributed by atoms with E-state index in [1.165, 1.54) is 6.07 Å². The van der Waals surface area contributed by atoms with Crippen LogP contribution in [0.4, 0.5) is 4.39 Å². The van der Waals surface area contributed by atoms with Crippen LogP contribution in [-0.2, 0) is 6.42 Å². The molecule has 1 atom stereocenters. The molecule has 0 aliphatic carbocycles. The quantitative estimate of drug-likeness (QED) is 0.797. The van der Waals surface area contributed by atoms with Gasteiger partial charge in [-0.2, -0.15) is 0 Å². The highest BCUT2D eigenvalue weighted by molar-refractivity contribution is 9.10. The molecule has 1 N–H and O–H groups in total. The number of halogens is 4. The molecule has 1 unspecified atom stereocenters. The second kappa shape index (κ2) is 6.23. The predicted octanol–water partition coefficient (Wildman–Crippen LogP) is 5.17. The van der Waals surface area contributed by atoms with Crippen molar-refractivity contribution in [2.24, 2.45) is 0 Å². The van der Waals surface area contributed by atoms with E-state index in [0.717, 1.165) is 5.56 Å². The molecule has 0 amide bonds. The summed E-state index contributed by atoms with van der Waals surface area (Å²) in [5, 5.41) is 11.0. The highest BCUT2D eigenvalue weighted by atomic mass is 79.9. The van der Waals surface area contributed by atoms with Gasteiger partial charge in [0.05, 0.1) is 20.6 Å². The first-order chi connectivity index (χ1) is 8.97. The predicted molar refractivity (Wildman–Crippen MR) is 79.2 cm³/mol. The molecule has 1 nitrogen and oxygen atoms in total. The van der Waals surface area contributed by atoms with E-state index in [-0.39, 0.29) is 5.82 Å². The van der Waals surface area contributed by atoms with Crippen molar-refractivity contribution in [2.45, 2.75) is 12.5 Å². The summed E-state index contributed by atoms with van der Waals surface area (Å²) in [5.41, 5.74) is 1.50. The van der Waals surface area contributed by atoms with Crippen LogP contribution in [0.25, 0.3) is 0 Å². The molecule has 0 fully saturated rings. The van der Waals surface area contributed by atoms with Gasteiger partial charge in [-0.25, -0.2) is 4.39 Å². The van der Waals surface area contributed by atoms with E-state index in [4.69, 9.17) is 23.2 Å². The van der Waals surface area contributed by atoms with Gasteiger partial charge in [0.1, 0.15) is 5.82 Å². The van der Waals surface area contributed by atoms with E-state index < -0.39 is 6.10 Å². The maximum atomic E-state index is 13.1. The Bertz CT molecular complexity index is 604. The number of aliphatic hydroxyl groups is 1. The lowest BCUT2D eigenvalue weighted by atomic mass is 10.0. The van der Waals surface area contributed by atoms with Crippen molar-refractivity contribution < 1.29 is 9.50 Å². The molecule has 0 heterocycles. The van der Waals surface area contributed by atoms with Gasteiger partial charge in [0.2, 0.25) is 0 Å². The number of rotatable bonds is 3. The third-order valence-corrected chi connectivity index (χ3v) is 4.09. The van der Waals surface area contributed by atoms with Crippen LogP contribution in [0.5, 0.6) is 0 Å². The van der Waals surface area contributed by atoms with E-state index >= 15 is 0 Å². The normalized spacial score (nSPS) is 12.5. The molecule has 0 aromatic heterocycles. The first-order valence-electron chi connectivity index (χ1n) is 5.54. The number of benzene rings is 2. The van der Waals surface area contributed by atoms with Gasteiger partial charge >= 0.3 is 0 Å². The van der Waals surface area contributed by atoms with Crippen LogP contribution in [0.1, 0.15) is 17.2 Å². The van der Waals surface area contributed by atoms with Crippen molar-refractivity contribution in [3.8, 4) is 0 Å². The molecule has 2 aromatic rings. The van der Waals surface area contributed by atoms with Gasteiger partial charge in [0.15, 0.2) is 0 Å². The lowest BCUT2D eigenvalue weighted by Gasteiger charge is -2.12. The molecule has 0 saturated heterocycles. The van der Waals surface area contributed by atoms with Gasteiger partial charge in [-0.15, -0.1) is 0 Å². The highest BCUT2D eigenvalue weighted by Crippen LogP contribution is 2.28. The molecular formula is C14H10BrCl2FO. The lowest BCUT2D eigenvalue weighted by molar-refractivity contribution is 0.178. The van der Waals surface area contributed by atoms with Gasteiger partial charge < -0.3 is 5.11 Å². The average Bonchev–Trinajstić information content (AvgIpc) is 2.37. The Hall–Kier alpha value is -0.610. The molecule has 100 valence electrons. The summed E-state index contributed by atoms with van der Waals surface area (Å²) in [6.45, 7) is 0. The Kier molecular flexibility index (Phi) is 4.85. The van der Waals surface area contributed by atoms with Gasteiger partial charge in [0.25, 0.3) is 0 Å². The highest BCUT2D eigenvalue weighted by Gasteiger charge is 2.11. The average molecular weight is 364 g/mol. The molecular weight excluding hydrogens is 354 g/mol. The molecule has 19 heavy (non-hydrogen) atoms. The molecule has 5 heteroatoms. The van der Waals surface area contributed by atoms with Crippen molar-refractivity contribution in [1.29, 1.82) is 0 Å². The molecule has 0 aliphatic rings. The third-order valence-electron chi connectivity index (χ3n) is 2.74. The second-order valence-corrected chi connectivity index (χ2v) is 5.81. The fourth-order valence-corrected chi connectivity index (χ4v) is 2.46. The maximum Gasteiger partial charge on any atom is 0.137 e. The minimum absolute atomic E-state index is 0.326. The summed E-state index contributed by atoms with van der Waals surface area (Å²) in [4.78, 5) is 0. The summed E-state index contributed by atoms with van der Waals surface area (Å²) in [6, 6.07) is 9.64. The Morgan fingerprint density at radius 3 is 2.47 bits per heavy atom. The van der Waals surface area contributed by atoms with Gasteiger partial charge in [-0.05, 0) is 51.3 Å². The Morgan fingerprint density at radius 2 is 1.84 bits per heavy atom. The van der Waals surface area contributed by atoms with Crippen molar-refractivity contribution >= 4 is 39.1 Å². The first kappa shape index (κ1) is 14.8. The third kappa shape index (κ3) is 3.69. The largest absolute Gasteiger partial charge is 0.388 e. The summed E-state index contributed by atoms with van der Waals surface area (Å²) in [6.07, 6.45) is -0.344. The first-order valence-corrected chi connectivity index (χ1v) is 7.09. The number of aliphatic hydroxyl groups excluding tert-OH is 1. The maximum absolute atomic E-state index is 13.1. The van der Waals surface area contributed by atoms with Crippen LogP contribution in [0, 0.1) is 5.82 Å². The Morgan fingerprint density at radius 1 is 1.11 bits per heavy atom. The topological polar surface area (TPSA) is 20.2 Å². The second-order valence-electron chi connectivity index (χ2n) is 4.14. The van der Waals surface area contributed by atoms with E-state index in [2.05, 4.69) is 15.9 Å². The van der Waals surface area contributed by atoms with Crippen molar-refractivity contribution in [3.05, 3.63) is 67.9 Å². The minimum atomic E-state index is -0.716. The van der Waals surface area contributed by atoms with Gasteiger partial charge in [-0.1, -0.05) is 35.3 Å². The zero-order valence-electron chi connectivity index (χ0n) is 9.71. The summed E-state index contributed by atoms with van der Waals surface area (Å²) in [7, 11) is 0. The Balaban J connectivity index is 2.17. The monoisotopic (exact) mass is 362 g/mol. The van der Waals surface area contributed by atoms with Crippen molar-refractivity contribution in [3.63, 3.8) is 0 Å². The van der Waals surface area contributed by atoms with Gasteiger partial charge in [-0.3, -0.25) is 0 Å². The molecule has 0 saturated carbocycles. The summed E-state index contributed by atoms with van der Waals surface area (Å²) < 4.78 is 13.5. The van der Waals surface area contributed by atoms with E-state index in [1.54, 1.807) is 30.3 Å². The van der Waals surface area contributed by atoms with Crippen LogP contribution in [0.2, 0.25) is 10.0 Å². The van der Waals surface area contributed by atoms with E-state index in [1.807, 2.05) is 0 Å². The zero-order valence-corrected chi connectivity index (χ0v) is 12.8. The lowest BCUT2D eigenvalue weighted by Crippen LogP contribution is -2.02.